The maximum atomic E-state index is 17.3. The first kappa shape index (κ1) is 32.1. The number of aryl methyl sites for hydroxylation is 1. The Balaban J connectivity index is 1.52. The van der Waals surface area contributed by atoms with Gasteiger partial charge in [0.2, 0.25) is 5.92 Å². The van der Waals surface area contributed by atoms with Crippen molar-refractivity contribution in [1.29, 1.82) is 0 Å². The summed E-state index contributed by atoms with van der Waals surface area (Å²) in [5, 5.41) is 3.45. The molecule has 0 radical (unpaired) electrons. The van der Waals surface area contributed by atoms with Crippen molar-refractivity contribution in [2.75, 3.05) is 20.2 Å². The molecule has 1 N–H and O–H groups in total. The molecule has 6 rings (SSSR count). The van der Waals surface area contributed by atoms with Gasteiger partial charge in [-0.2, -0.15) is 0 Å². The number of nitrogens with one attached hydrogen (secondary N) is 1. The number of hydrogen-bond acceptors (Lipinski definition) is 4. The number of benzene rings is 2. The second-order valence-electron chi connectivity index (χ2n) is 14.3. The minimum Gasteiger partial charge on any atom is -0.497 e. The van der Waals surface area contributed by atoms with Gasteiger partial charge in [-0.3, -0.25) is 4.98 Å². The first-order valence-corrected chi connectivity index (χ1v) is 16.6. The number of halogens is 3. The van der Waals surface area contributed by atoms with Gasteiger partial charge in [0, 0.05) is 35.6 Å². The van der Waals surface area contributed by atoms with E-state index in [0.29, 0.717) is 30.6 Å². The molecule has 0 bridgehead atoms. The van der Waals surface area contributed by atoms with Gasteiger partial charge in [0.15, 0.2) is 6.17 Å². The van der Waals surface area contributed by atoms with E-state index in [1.807, 2.05) is 55.5 Å². The van der Waals surface area contributed by atoms with Crippen LogP contribution in [0.4, 0.5) is 13.2 Å². The molecular formula is C38H47F3N2O2. The van der Waals surface area contributed by atoms with E-state index in [9.17, 15) is 8.78 Å². The standard InChI is InChI=1S/C38H47F3N2O2/c1-24-5-9-27(10-6-24)35(39)34-32(26-13-17-38(40,41)18-14-26)33-30(43-36(34)28-15-19-42-20-16-28)21-37(2,3)22-31(33)45-23-25-7-11-29(44-4)12-8-25/h5-12,26,28,31,35,42H,13-23H2,1-4H3/t31-,35-/m0/s1. The molecule has 0 unspecified atom stereocenters. The van der Waals surface area contributed by atoms with Crippen LogP contribution < -0.4 is 10.1 Å². The first-order chi connectivity index (χ1) is 21.5. The zero-order chi connectivity index (χ0) is 31.8. The summed E-state index contributed by atoms with van der Waals surface area (Å²) in [6, 6.07) is 15.5. The fraction of sp³-hybridized carbons (Fsp3) is 0.553. The van der Waals surface area contributed by atoms with Gasteiger partial charge in [-0.05, 0) is 98.7 Å². The molecule has 2 heterocycles. The maximum Gasteiger partial charge on any atom is 0.248 e. The summed E-state index contributed by atoms with van der Waals surface area (Å²) >= 11 is 0. The third kappa shape index (κ3) is 7.10. The number of alkyl halides is 3. The Bertz CT molecular complexity index is 1460. The summed E-state index contributed by atoms with van der Waals surface area (Å²) in [4.78, 5) is 5.40. The molecule has 0 spiro atoms. The van der Waals surface area contributed by atoms with Crippen molar-refractivity contribution in [3.63, 3.8) is 0 Å². The van der Waals surface area contributed by atoms with Crippen molar-refractivity contribution >= 4 is 0 Å². The van der Waals surface area contributed by atoms with Crippen LogP contribution in [0.5, 0.6) is 5.75 Å². The first-order valence-electron chi connectivity index (χ1n) is 16.6. The van der Waals surface area contributed by atoms with Gasteiger partial charge in [-0.1, -0.05) is 55.8 Å². The summed E-state index contributed by atoms with van der Waals surface area (Å²) in [5.41, 5.74) is 6.88. The van der Waals surface area contributed by atoms with Crippen molar-refractivity contribution in [3.8, 4) is 5.75 Å². The van der Waals surface area contributed by atoms with Crippen LogP contribution in [0, 0.1) is 12.3 Å². The number of nitrogens with zero attached hydrogens (tertiary/aromatic N) is 1. The van der Waals surface area contributed by atoms with E-state index in [1.165, 1.54) is 0 Å². The summed E-state index contributed by atoms with van der Waals surface area (Å²) in [5.74, 6) is -1.96. The van der Waals surface area contributed by atoms with Gasteiger partial charge in [-0.15, -0.1) is 0 Å². The Morgan fingerprint density at radius 3 is 2.22 bits per heavy atom. The molecule has 1 aromatic heterocycles. The Kier molecular flexibility index (Phi) is 9.31. The number of fused-ring (bicyclic) bond motifs is 1. The fourth-order valence-corrected chi connectivity index (χ4v) is 7.73. The molecule has 2 aliphatic carbocycles. The highest BCUT2D eigenvalue weighted by atomic mass is 19.3. The molecule has 242 valence electrons. The smallest absolute Gasteiger partial charge is 0.248 e. The van der Waals surface area contributed by atoms with Crippen LogP contribution in [-0.4, -0.2) is 31.1 Å². The van der Waals surface area contributed by atoms with E-state index in [-0.39, 0.29) is 36.2 Å². The average molecular weight is 621 g/mol. The lowest BCUT2D eigenvalue weighted by molar-refractivity contribution is -0.0390. The zero-order valence-electron chi connectivity index (χ0n) is 27.1. The highest BCUT2D eigenvalue weighted by molar-refractivity contribution is 5.51. The molecule has 7 heteroatoms. The largest absolute Gasteiger partial charge is 0.497 e. The maximum absolute atomic E-state index is 17.3. The topological polar surface area (TPSA) is 43.4 Å². The van der Waals surface area contributed by atoms with Gasteiger partial charge in [0.25, 0.3) is 0 Å². The molecule has 0 amide bonds. The van der Waals surface area contributed by atoms with E-state index in [4.69, 9.17) is 14.5 Å². The van der Waals surface area contributed by atoms with E-state index in [2.05, 4.69) is 19.2 Å². The summed E-state index contributed by atoms with van der Waals surface area (Å²) in [6.07, 6.45) is 1.84. The van der Waals surface area contributed by atoms with Crippen LogP contribution in [-0.2, 0) is 17.8 Å². The summed E-state index contributed by atoms with van der Waals surface area (Å²) in [7, 11) is 1.65. The highest BCUT2D eigenvalue weighted by Gasteiger charge is 2.44. The third-order valence-corrected chi connectivity index (χ3v) is 10.2. The summed E-state index contributed by atoms with van der Waals surface area (Å²) in [6.45, 7) is 8.57. The molecule has 3 aromatic rings. The molecule has 1 saturated carbocycles. The lowest BCUT2D eigenvalue weighted by Crippen LogP contribution is -2.34. The van der Waals surface area contributed by atoms with Gasteiger partial charge in [0.1, 0.15) is 5.75 Å². The minimum absolute atomic E-state index is 0.0829. The van der Waals surface area contributed by atoms with E-state index in [0.717, 1.165) is 78.2 Å². The van der Waals surface area contributed by atoms with Crippen LogP contribution in [0.2, 0.25) is 0 Å². The minimum atomic E-state index is -2.68. The molecule has 1 saturated heterocycles. The van der Waals surface area contributed by atoms with Crippen molar-refractivity contribution in [2.45, 2.75) is 109 Å². The molecule has 2 atom stereocenters. The molecule has 4 nitrogen and oxygen atoms in total. The zero-order valence-corrected chi connectivity index (χ0v) is 27.1. The molecule has 3 aliphatic rings. The van der Waals surface area contributed by atoms with Gasteiger partial charge < -0.3 is 14.8 Å². The van der Waals surface area contributed by atoms with Crippen molar-refractivity contribution in [2.24, 2.45) is 5.41 Å². The van der Waals surface area contributed by atoms with Gasteiger partial charge in [0.05, 0.1) is 25.5 Å². The predicted molar refractivity (Wildman–Crippen MR) is 172 cm³/mol. The third-order valence-electron chi connectivity index (χ3n) is 10.2. The quantitative estimate of drug-likeness (QED) is 0.273. The van der Waals surface area contributed by atoms with Crippen molar-refractivity contribution < 1.29 is 22.6 Å². The molecule has 45 heavy (non-hydrogen) atoms. The predicted octanol–water partition coefficient (Wildman–Crippen LogP) is 9.45. The molecule has 1 aliphatic heterocycles. The number of hydrogen-bond donors (Lipinski definition) is 1. The van der Waals surface area contributed by atoms with E-state index >= 15 is 4.39 Å². The van der Waals surface area contributed by atoms with E-state index < -0.39 is 12.1 Å². The van der Waals surface area contributed by atoms with Gasteiger partial charge in [-0.25, -0.2) is 13.2 Å². The van der Waals surface area contributed by atoms with E-state index in [1.54, 1.807) is 7.11 Å². The average Bonchev–Trinajstić information content (AvgIpc) is 3.03. The fourth-order valence-electron chi connectivity index (χ4n) is 7.73. The lowest BCUT2D eigenvalue weighted by atomic mass is 9.68. The number of ether oxygens (including phenoxy) is 2. The number of piperidine rings is 1. The normalized spacial score (nSPS) is 22.5. The Morgan fingerprint density at radius 1 is 0.911 bits per heavy atom. The number of aromatic nitrogens is 1. The number of rotatable bonds is 8. The molecule has 2 aromatic carbocycles. The summed E-state index contributed by atoms with van der Waals surface area (Å²) < 4.78 is 58.5. The highest BCUT2D eigenvalue weighted by Crippen LogP contribution is 2.53. The van der Waals surface area contributed by atoms with Gasteiger partial charge >= 0.3 is 0 Å². The van der Waals surface area contributed by atoms with Crippen LogP contribution in [0.15, 0.2) is 48.5 Å². The molecular weight excluding hydrogens is 573 g/mol. The Hall–Kier alpha value is -2.90. The molecule has 2 fully saturated rings. The monoisotopic (exact) mass is 620 g/mol. The van der Waals surface area contributed by atoms with Crippen LogP contribution in [0.25, 0.3) is 0 Å². The number of methoxy groups -OCH3 is 1. The van der Waals surface area contributed by atoms with Crippen molar-refractivity contribution in [3.05, 3.63) is 93.3 Å². The van der Waals surface area contributed by atoms with Crippen LogP contribution in [0.1, 0.15) is 128 Å². The lowest BCUT2D eigenvalue weighted by Gasteiger charge is -2.42. The number of pyridine rings is 1. The second-order valence-corrected chi connectivity index (χ2v) is 14.3. The Labute approximate surface area is 266 Å². The Morgan fingerprint density at radius 2 is 1.58 bits per heavy atom. The van der Waals surface area contributed by atoms with Crippen molar-refractivity contribution in [1.82, 2.24) is 10.3 Å². The van der Waals surface area contributed by atoms with Crippen LogP contribution in [0.3, 0.4) is 0 Å². The second kappa shape index (κ2) is 13.1. The van der Waals surface area contributed by atoms with Crippen LogP contribution >= 0.6 is 0 Å². The SMILES string of the molecule is COc1ccc(CO[C@H]2CC(C)(C)Cc3nc(C4CCNCC4)c([C@@H](F)c4ccc(C)cc4)c(C4CCC(F)(F)CC4)c32)cc1.